The SMILES string of the molecule is CNCc1cccc(COCc2cccs2)c1. The summed E-state index contributed by atoms with van der Waals surface area (Å²) in [5, 5.41) is 5.23. The molecule has 0 fully saturated rings. The molecular weight excluding hydrogens is 230 g/mol. The zero-order valence-corrected chi connectivity index (χ0v) is 10.8. The van der Waals surface area contributed by atoms with Crippen LogP contribution in [0.25, 0.3) is 0 Å². The molecule has 0 saturated heterocycles. The lowest BCUT2D eigenvalue weighted by Crippen LogP contribution is -2.05. The van der Waals surface area contributed by atoms with E-state index in [1.807, 2.05) is 7.05 Å². The van der Waals surface area contributed by atoms with Crippen LogP contribution in [0, 0.1) is 0 Å². The molecule has 1 N–H and O–H groups in total. The van der Waals surface area contributed by atoms with Crippen LogP contribution in [-0.4, -0.2) is 7.05 Å². The molecule has 0 aliphatic carbocycles. The van der Waals surface area contributed by atoms with E-state index in [-0.39, 0.29) is 0 Å². The summed E-state index contributed by atoms with van der Waals surface area (Å²) >= 11 is 1.73. The van der Waals surface area contributed by atoms with Gasteiger partial charge in [0, 0.05) is 11.4 Å². The Morgan fingerprint density at radius 2 is 2.00 bits per heavy atom. The summed E-state index contributed by atoms with van der Waals surface area (Å²) in [6, 6.07) is 12.6. The molecule has 2 rings (SSSR count). The molecule has 2 aromatic rings. The minimum absolute atomic E-state index is 0.676. The maximum Gasteiger partial charge on any atom is 0.0813 e. The van der Waals surface area contributed by atoms with Crippen molar-refractivity contribution >= 4 is 11.3 Å². The Balaban J connectivity index is 1.84. The van der Waals surface area contributed by atoms with Crippen LogP contribution in [0.4, 0.5) is 0 Å². The predicted octanol–water partition coefficient (Wildman–Crippen LogP) is 3.18. The van der Waals surface area contributed by atoms with E-state index in [9.17, 15) is 0 Å². The second-order valence-electron chi connectivity index (χ2n) is 3.92. The minimum Gasteiger partial charge on any atom is -0.371 e. The molecule has 0 radical (unpaired) electrons. The van der Waals surface area contributed by atoms with E-state index in [0.29, 0.717) is 13.2 Å². The van der Waals surface area contributed by atoms with Crippen molar-refractivity contribution in [1.29, 1.82) is 0 Å². The summed E-state index contributed by atoms with van der Waals surface area (Å²) in [6.07, 6.45) is 0. The van der Waals surface area contributed by atoms with Gasteiger partial charge in [-0.25, -0.2) is 0 Å². The number of rotatable bonds is 6. The molecule has 0 saturated carbocycles. The molecule has 0 bridgehead atoms. The molecule has 0 unspecified atom stereocenters. The second kappa shape index (κ2) is 6.55. The van der Waals surface area contributed by atoms with Gasteiger partial charge in [-0.3, -0.25) is 0 Å². The van der Waals surface area contributed by atoms with Crippen molar-refractivity contribution in [3.8, 4) is 0 Å². The van der Waals surface area contributed by atoms with Crippen LogP contribution in [0.5, 0.6) is 0 Å². The zero-order chi connectivity index (χ0) is 11.9. The van der Waals surface area contributed by atoms with Gasteiger partial charge >= 0.3 is 0 Å². The Morgan fingerprint density at radius 1 is 1.12 bits per heavy atom. The highest BCUT2D eigenvalue weighted by Gasteiger charge is 1.97. The highest BCUT2D eigenvalue weighted by atomic mass is 32.1. The van der Waals surface area contributed by atoms with Crippen LogP contribution in [0.3, 0.4) is 0 Å². The molecule has 0 atom stereocenters. The van der Waals surface area contributed by atoms with Crippen LogP contribution in [0.15, 0.2) is 41.8 Å². The van der Waals surface area contributed by atoms with Gasteiger partial charge in [0.1, 0.15) is 0 Å². The fourth-order valence-corrected chi connectivity index (χ4v) is 2.34. The number of nitrogens with one attached hydrogen (secondary N) is 1. The third-order valence-corrected chi connectivity index (χ3v) is 3.32. The summed E-state index contributed by atoms with van der Waals surface area (Å²) in [5.74, 6) is 0. The molecule has 0 aliphatic rings. The monoisotopic (exact) mass is 247 g/mol. The Hall–Kier alpha value is -1.16. The second-order valence-corrected chi connectivity index (χ2v) is 4.95. The Morgan fingerprint density at radius 3 is 2.76 bits per heavy atom. The average Bonchev–Trinajstić information content (AvgIpc) is 2.83. The van der Waals surface area contributed by atoms with Crippen LogP contribution < -0.4 is 5.32 Å². The molecule has 1 aromatic heterocycles. The molecule has 90 valence electrons. The van der Waals surface area contributed by atoms with Crippen molar-refractivity contribution < 1.29 is 4.74 Å². The van der Waals surface area contributed by atoms with Crippen LogP contribution in [0.2, 0.25) is 0 Å². The summed E-state index contributed by atoms with van der Waals surface area (Å²) in [7, 11) is 1.96. The molecular formula is C14H17NOS. The largest absolute Gasteiger partial charge is 0.371 e. The van der Waals surface area contributed by atoms with Crippen molar-refractivity contribution in [3.63, 3.8) is 0 Å². The first-order chi connectivity index (χ1) is 8.38. The molecule has 1 heterocycles. The maximum absolute atomic E-state index is 5.69. The van der Waals surface area contributed by atoms with Crippen molar-refractivity contribution in [1.82, 2.24) is 5.32 Å². The van der Waals surface area contributed by atoms with Gasteiger partial charge in [-0.2, -0.15) is 0 Å². The number of ether oxygens (including phenoxy) is 1. The molecule has 3 heteroatoms. The third-order valence-electron chi connectivity index (χ3n) is 2.47. The van der Waals surface area contributed by atoms with Crippen molar-refractivity contribution in [2.75, 3.05) is 7.05 Å². The Kier molecular flexibility index (Phi) is 4.74. The first-order valence-corrected chi connectivity index (χ1v) is 6.59. The number of hydrogen-bond acceptors (Lipinski definition) is 3. The summed E-state index contributed by atoms with van der Waals surface area (Å²) < 4.78 is 5.69. The van der Waals surface area contributed by atoms with Crippen LogP contribution in [-0.2, 0) is 24.5 Å². The van der Waals surface area contributed by atoms with Crippen molar-refractivity contribution in [2.45, 2.75) is 19.8 Å². The lowest BCUT2D eigenvalue weighted by atomic mass is 10.1. The molecule has 0 amide bonds. The Bertz CT molecular complexity index is 439. The zero-order valence-electron chi connectivity index (χ0n) is 9.98. The van der Waals surface area contributed by atoms with Crippen LogP contribution >= 0.6 is 11.3 Å². The van der Waals surface area contributed by atoms with Gasteiger partial charge in [-0.1, -0.05) is 30.3 Å². The normalized spacial score (nSPS) is 10.6. The van der Waals surface area contributed by atoms with E-state index in [0.717, 1.165) is 6.54 Å². The lowest BCUT2D eigenvalue weighted by molar-refractivity contribution is 0.109. The fourth-order valence-electron chi connectivity index (χ4n) is 1.70. The van der Waals surface area contributed by atoms with E-state index in [2.05, 4.69) is 47.1 Å². The van der Waals surface area contributed by atoms with Gasteiger partial charge < -0.3 is 10.1 Å². The molecule has 0 aliphatic heterocycles. The van der Waals surface area contributed by atoms with E-state index in [1.54, 1.807) is 11.3 Å². The standard InChI is InChI=1S/C14H17NOS/c1-15-9-12-4-2-5-13(8-12)10-16-11-14-6-3-7-17-14/h2-8,15H,9-11H2,1H3. The van der Waals surface area contributed by atoms with Gasteiger partial charge in [0.15, 0.2) is 0 Å². The van der Waals surface area contributed by atoms with Gasteiger partial charge in [0.25, 0.3) is 0 Å². The fraction of sp³-hybridized carbons (Fsp3) is 0.286. The van der Waals surface area contributed by atoms with Crippen molar-refractivity contribution in [2.24, 2.45) is 0 Å². The molecule has 1 aromatic carbocycles. The van der Waals surface area contributed by atoms with E-state index < -0.39 is 0 Å². The van der Waals surface area contributed by atoms with Crippen LogP contribution in [0.1, 0.15) is 16.0 Å². The highest BCUT2D eigenvalue weighted by molar-refractivity contribution is 7.09. The Labute approximate surface area is 106 Å². The quantitative estimate of drug-likeness (QED) is 0.846. The summed E-state index contributed by atoms with van der Waals surface area (Å²) in [4.78, 5) is 1.27. The third kappa shape index (κ3) is 3.97. The van der Waals surface area contributed by atoms with Gasteiger partial charge in [-0.05, 0) is 29.6 Å². The number of benzene rings is 1. The smallest absolute Gasteiger partial charge is 0.0813 e. The van der Waals surface area contributed by atoms with Gasteiger partial charge in [0.05, 0.1) is 13.2 Å². The van der Waals surface area contributed by atoms with Gasteiger partial charge in [-0.15, -0.1) is 11.3 Å². The van der Waals surface area contributed by atoms with E-state index in [1.165, 1.54) is 16.0 Å². The lowest BCUT2D eigenvalue weighted by Gasteiger charge is -2.05. The average molecular weight is 247 g/mol. The first kappa shape index (κ1) is 12.3. The predicted molar refractivity (Wildman–Crippen MR) is 72.0 cm³/mol. The molecule has 2 nitrogen and oxygen atoms in total. The summed E-state index contributed by atoms with van der Waals surface area (Å²) in [5.41, 5.74) is 2.53. The minimum atomic E-state index is 0.676. The topological polar surface area (TPSA) is 21.3 Å². The highest BCUT2D eigenvalue weighted by Crippen LogP contribution is 2.12. The van der Waals surface area contributed by atoms with E-state index in [4.69, 9.17) is 4.74 Å². The van der Waals surface area contributed by atoms with Gasteiger partial charge in [0.2, 0.25) is 0 Å². The summed E-state index contributed by atoms with van der Waals surface area (Å²) in [6.45, 7) is 2.28. The first-order valence-electron chi connectivity index (χ1n) is 5.71. The molecule has 17 heavy (non-hydrogen) atoms. The molecule has 0 spiro atoms. The maximum atomic E-state index is 5.69. The number of thiophene rings is 1. The van der Waals surface area contributed by atoms with E-state index >= 15 is 0 Å². The van der Waals surface area contributed by atoms with Crippen molar-refractivity contribution in [3.05, 3.63) is 57.8 Å². The number of hydrogen-bond donors (Lipinski definition) is 1.